The first-order valence-electron chi connectivity index (χ1n) is 11.0. The first-order valence-corrected chi connectivity index (χ1v) is 12.9. The number of sulfonamides is 1. The molecule has 9 nitrogen and oxygen atoms in total. The Labute approximate surface area is 187 Å². The standard InChI is InChI=1S/C22H28N6O3S/c1-15-14-31-12-11-28(15)20-13-19(16-5-9-27(10-6-16)32(2,29)30)25-22(26-20)18-4-8-24-21-17(18)3-7-23-21/h3-4,7-8,13,15-16H,5-6,9-12,14H2,1-2H3,(H,23,24). The van der Waals surface area contributed by atoms with Gasteiger partial charge in [-0.3, -0.25) is 0 Å². The van der Waals surface area contributed by atoms with E-state index in [-0.39, 0.29) is 12.0 Å². The Hall–Kier alpha value is -2.56. The largest absolute Gasteiger partial charge is 0.377 e. The molecular weight excluding hydrogens is 428 g/mol. The number of aromatic nitrogens is 4. The van der Waals surface area contributed by atoms with Gasteiger partial charge in [0.1, 0.15) is 11.5 Å². The van der Waals surface area contributed by atoms with E-state index in [1.54, 1.807) is 10.5 Å². The lowest BCUT2D eigenvalue weighted by Crippen LogP contribution is -2.44. The molecule has 5 heterocycles. The second kappa shape index (κ2) is 8.42. The molecule has 1 unspecified atom stereocenters. The number of rotatable bonds is 4. The molecule has 0 aromatic carbocycles. The molecule has 1 atom stereocenters. The van der Waals surface area contributed by atoms with Crippen LogP contribution in [-0.4, -0.2) is 77.8 Å². The topological polar surface area (TPSA) is 104 Å². The Bertz CT molecular complexity index is 1220. The van der Waals surface area contributed by atoms with Gasteiger partial charge in [-0.05, 0) is 31.9 Å². The molecule has 2 aliphatic rings. The summed E-state index contributed by atoms with van der Waals surface area (Å²) in [5.74, 6) is 1.76. The van der Waals surface area contributed by atoms with Crippen molar-refractivity contribution in [2.45, 2.75) is 31.7 Å². The molecule has 0 spiro atoms. The molecule has 0 radical (unpaired) electrons. The van der Waals surface area contributed by atoms with Crippen molar-refractivity contribution in [1.82, 2.24) is 24.2 Å². The van der Waals surface area contributed by atoms with Gasteiger partial charge in [0.15, 0.2) is 5.82 Å². The molecule has 2 saturated heterocycles. The Morgan fingerprint density at radius 3 is 2.72 bits per heavy atom. The molecule has 32 heavy (non-hydrogen) atoms. The molecule has 170 valence electrons. The summed E-state index contributed by atoms with van der Waals surface area (Å²) in [5.41, 5.74) is 2.71. The van der Waals surface area contributed by atoms with Crippen molar-refractivity contribution in [3.8, 4) is 11.4 Å². The van der Waals surface area contributed by atoms with Crippen molar-refractivity contribution < 1.29 is 13.2 Å². The second-order valence-electron chi connectivity index (χ2n) is 8.63. The van der Waals surface area contributed by atoms with E-state index >= 15 is 0 Å². The average Bonchev–Trinajstić information content (AvgIpc) is 3.28. The number of hydrogen-bond acceptors (Lipinski definition) is 7. The minimum atomic E-state index is -3.17. The predicted molar refractivity (Wildman–Crippen MR) is 123 cm³/mol. The SMILES string of the molecule is CC1COCCN1c1cc(C2CCN(S(C)(=O)=O)CC2)nc(-c2ccnc3[nH]ccc23)n1. The molecule has 0 saturated carbocycles. The van der Waals surface area contributed by atoms with Crippen LogP contribution in [0.25, 0.3) is 22.4 Å². The van der Waals surface area contributed by atoms with E-state index in [0.29, 0.717) is 32.1 Å². The Morgan fingerprint density at radius 1 is 1.16 bits per heavy atom. The molecule has 3 aromatic rings. The summed E-state index contributed by atoms with van der Waals surface area (Å²) in [7, 11) is -3.17. The van der Waals surface area contributed by atoms with Crippen LogP contribution in [0.4, 0.5) is 5.82 Å². The zero-order valence-corrected chi connectivity index (χ0v) is 19.2. The fourth-order valence-electron chi connectivity index (χ4n) is 4.64. The molecule has 5 rings (SSSR count). The van der Waals surface area contributed by atoms with Crippen LogP contribution in [0.15, 0.2) is 30.6 Å². The van der Waals surface area contributed by atoms with Crippen LogP contribution >= 0.6 is 0 Å². The highest BCUT2D eigenvalue weighted by atomic mass is 32.2. The van der Waals surface area contributed by atoms with E-state index in [1.807, 2.05) is 18.3 Å². The minimum Gasteiger partial charge on any atom is -0.377 e. The van der Waals surface area contributed by atoms with Crippen molar-refractivity contribution in [2.24, 2.45) is 0 Å². The number of hydrogen-bond donors (Lipinski definition) is 1. The number of ether oxygens (including phenoxy) is 1. The van der Waals surface area contributed by atoms with Crippen molar-refractivity contribution in [2.75, 3.05) is 44.0 Å². The summed E-state index contributed by atoms with van der Waals surface area (Å²) in [4.78, 5) is 19.8. The smallest absolute Gasteiger partial charge is 0.211 e. The maximum Gasteiger partial charge on any atom is 0.211 e. The van der Waals surface area contributed by atoms with Gasteiger partial charge in [0.2, 0.25) is 10.0 Å². The van der Waals surface area contributed by atoms with E-state index in [1.165, 1.54) is 6.26 Å². The summed E-state index contributed by atoms with van der Waals surface area (Å²) >= 11 is 0. The van der Waals surface area contributed by atoms with Crippen LogP contribution in [0.1, 0.15) is 31.4 Å². The van der Waals surface area contributed by atoms with Gasteiger partial charge in [0, 0.05) is 60.7 Å². The molecule has 2 aliphatic heterocycles. The predicted octanol–water partition coefficient (Wildman–Crippen LogP) is 2.38. The first kappa shape index (κ1) is 21.3. The van der Waals surface area contributed by atoms with Crippen LogP contribution in [0, 0.1) is 0 Å². The fourth-order valence-corrected chi connectivity index (χ4v) is 5.51. The van der Waals surface area contributed by atoms with Gasteiger partial charge in [-0.2, -0.15) is 0 Å². The molecule has 1 N–H and O–H groups in total. The zero-order chi connectivity index (χ0) is 22.3. The number of fused-ring (bicyclic) bond motifs is 1. The van der Waals surface area contributed by atoms with Crippen LogP contribution in [0.5, 0.6) is 0 Å². The highest BCUT2D eigenvalue weighted by Crippen LogP contribution is 2.33. The van der Waals surface area contributed by atoms with Crippen molar-refractivity contribution in [3.63, 3.8) is 0 Å². The third kappa shape index (κ3) is 4.10. The Kier molecular flexibility index (Phi) is 5.60. The molecular formula is C22H28N6O3S. The fraction of sp³-hybridized carbons (Fsp3) is 0.500. The monoisotopic (exact) mass is 456 g/mol. The second-order valence-corrected chi connectivity index (χ2v) is 10.6. The average molecular weight is 457 g/mol. The van der Waals surface area contributed by atoms with E-state index in [9.17, 15) is 8.42 Å². The van der Waals surface area contributed by atoms with Crippen molar-refractivity contribution >= 4 is 26.9 Å². The maximum atomic E-state index is 11.9. The molecule has 0 bridgehead atoms. The number of pyridine rings is 1. The lowest BCUT2D eigenvalue weighted by Gasteiger charge is -2.35. The summed E-state index contributed by atoms with van der Waals surface area (Å²) in [5, 5.41) is 0.984. The lowest BCUT2D eigenvalue weighted by atomic mass is 9.94. The summed E-state index contributed by atoms with van der Waals surface area (Å²) in [6, 6.07) is 6.25. The van der Waals surface area contributed by atoms with Gasteiger partial charge >= 0.3 is 0 Å². The normalized spacial score (nSPS) is 21.3. The quantitative estimate of drug-likeness (QED) is 0.643. The highest BCUT2D eigenvalue weighted by Gasteiger charge is 2.29. The van der Waals surface area contributed by atoms with Gasteiger partial charge in [-0.25, -0.2) is 27.7 Å². The van der Waals surface area contributed by atoms with E-state index < -0.39 is 10.0 Å². The Morgan fingerprint density at radius 2 is 1.97 bits per heavy atom. The molecule has 0 aliphatic carbocycles. The van der Waals surface area contributed by atoms with Gasteiger partial charge in [0.25, 0.3) is 0 Å². The first-order chi connectivity index (χ1) is 15.4. The summed E-state index contributed by atoms with van der Waals surface area (Å²) in [6.45, 7) is 5.29. The van der Waals surface area contributed by atoms with Crippen LogP contribution in [0.3, 0.4) is 0 Å². The van der Waals surface area contributed by atoms with Gasteiger partial charge in [-0.1, -0.05) is 0 Å². The number of nitrogens with one attached hydrogen (secondary N) is 1. The van der Waals surface area contributed by atoms with Gasteiger partial charge in [-0.15, -0.1) is 0 Å². The minimum absolute atomic E-state index is 0.188. The van der Waals surface area contributed by atoms with Gasteiger partial charge < -0.3 is 14.6 Å². The van der Waals surface area contributed by atoms with E-state index in [2.05, 4.69) is 27.9 Å². The maximum absolute atomic E-state index is 11.9. The highest BCUT2D eigenvalue weighted by molar-refractivity contribution is 7.88. The number of morpholine rings is 1. The number of piperidine rings is 1. The molecule has 3 aromatic heterocycles. The number of aromatic amines is 1. The number of H-pyrrole nitrogens is 1. The number of nitrogens with zero attached hydrogens (tertiary/aromatic N) is 5. The van der Waals surface area contributed by atoms with Crippen LogP contribution in [0.2, 0.25) is 0 Å². The van der Waals surface area contributed by atoms with Crippen molar-refractivity contribution in [3.05, 3.63) is 36.3 Å². The summed E-state index contributed by atoms with van der Waals surface area (Å²) < 4.78 is 31.1. The van der Waals surface area contributed by atoms with Crippen LogP contribution < -0.4 is 4.90 Å². The zero-order valence-electron chi connectivity index (χ0n) is 18.4. The molecule has 10 heteroatoms. The van der Waals surface area contributed by atoms with E-state index in [4.69, 9.17) is 14.7 Å². The number of anilines is 1. The lowest BCUT2D eigenvalue weighted by molar-refractivity contribution is 0.0985. The third-order valence-corrected chi connectivity index (χ3v) is 7.74. The Balaban J connectivity index is 1.55. The van der Waals surface area contributed by atoms with Gasteiger partial charge in [0.05, 0.1) is 25.5 Å². The van der Waals surface area contributed by atoms with Crippen LogP contribution in [-0.2, 0) is 14.8 Å². The van der Waals surface area contributed by atoms with Crippen molar-refractivity contribution in [1.29, 1.82) is 0 Å². The third-order valence-electron chi connectivity index (χ3n) is 6.44. The molecule has 2 fully saturated rings. The molecule has 0 amide bonds. The summed E-state index contributed by atoms with van der Waals surface area (Å²) in [6.07, 6.45) is 6.41. The van der Waals surface area contributed by atoms with E-state index in [0.717, 1.165) is 47.5 Å².